The topological polar surface area (TPSA) is 119 Å². The molecule has 0 unspecified atom stereocenters. The summed E-state index contributed by atoms with van der Waals surface area (Å²) in [6.45, 7) is 1.92. The minimum atomic E-state index is -0.358. The lowest BCUT2D eigenvalue weighted by Crippen LogP contribution is -2.16. The SMILES string of the molecule is Cc1ccc(C(=O)n2nc(Nc3ccc(OCC#N)cc3)nc2N)cc1. The Morgan fingerprint density at radius 3 is 2.58 bits per heavy atom. The summed E-state index contributed by atoms with van der Waals surface area (Å²) >= 11 is 0. The van der Waals surface area contributed by atoms with Crippen LogP contribution in [0.5, 0.6) is 5.75 Å². The molecular weight excluding hydrogens is 332 g/mol. The van der Waals surface area contributed by atoms with E-state index < -0.39 is 0 Å². The van der Waals surface area contributed by atoms with Gasteiger partial charge in [-0.25, -0.2) is 0 Å². The fourth-order valence-electron chi connectivity index (χ4n) is 2.22. The third-order valence-corrected chi connectivity index (χ3v) is 3.54. The molecule has 0 aliphatic heterocycles. The fourth-order valence-corrected chi connectivity index (χ4v) is 2.22. The molecule has 0 saturated heterocycles. The lowest BCUT2D eigenvalue weighted by molar-refractivity contribution is 0.0948. The zero-order chi connectivity index (χ0) is 18.5. The number of rotatable bonds is 5. The van der Waals surface area contributed by atoms with Crippen LogP contribution in [0.3, 0.4) is 0 Å². The van der Waals surface area contributed by atoms with Crippen molar-refractivity contribution in [2.45, 2.75) is 6.92 Å². The Balaban J connectivity index is 1.74. The van der Waals surface area contributed by atoms with Gasteiger partial charge in [0.25, 0.3) is 5.91 Å². The number of benzene rings is 2. The van der Waals surface area contributed by atoms with E-state index in [0.717, 1.165) is 10.2 Å². The summed E-state index contributed by atoms with van der Waals surface area (Å²) in [5, 5.41) is 15.6. The largest absolute Gasteiger partial charge is 0.479 e. The molecule has 3 N–H and O–H groups in total. The van der Waals surface area contributed by atoms with Crippen molar-refractivity contribution >= 4 is 23.5 Å². The predicted molar refractivity (Wildman–Crippen MR) is 96.2 cm³/mol. The van der Waals surface area contributed by atoms with Crippen molar-refractivity contribution in [1.29, 1.82) is 5.26 Å². The highest BCUT2D eigenvalue weighted by Gasteiger charge is 2.16. The zero-order valence-electron chi connectivity index (χ0n) is 14.0. The van der Waals surface area contributed by atoms with E-state index in [0.29, 0.717) is 17.0 Å². The van der Waals surface area contributed by atoms with Crippen LogP contribution < -0.4 is 15.8 Å². The molecule has 26 heavy (non-hydrogen) atoms. The van der Waals surface area contributed by atoms with Crippen LogP contribution in [0, 0.1) is 18.3 Å². The molecule has 0 radical (unpaired) electrons. The average Bonchev–Trinajstić information content (AvgIpc) is 3.01. The van der Waals surface area contributed by atoms with Crippen LogP contribution in [0.25, 0.3) is 0 Å². The van der Waals surface area contributed by atoms with Gasteiger partial charge < -0.3 is 15.8 Å². The number of carbonyl (C=O) groups excluding carboxylic acids is 1. The Hall–Kier alpha value is -3.86. The molecule has 1 aromatic heterocycles. The standard InChI is InChI=1S/C18H16N6O2/c1-12-2-4-13(5-3-12)16(25)24-17(20)22-18(23-24)21-14-6-8-15(9-7-14)26-11-10-19/h2-9H,11H2,1H3,(H3,20,21,22,23). The first-order valence-electron chi connectivity index (χ1n) is 7.77. The second-order valence-corrected chi connectivity index (χ2v) is 5.47. The molecular formula is C18H16N6O2. The third kappa shape index (κ3) is 3.79. The molecule has 0 aliphatic rings. The lowest BCUT2D eigenvalue weighted by atomic mass is 10.1. The van der Waals surface area contributed by atoms with Crippen molar-refractivity contribution in [3.63, 3.8) is 0 Å². The van der Waals surface area contributed by atoms with E-state index in [1.54, 1.807) is 36.4 Å². The van der Waals surface area contributed by atoms with Crippen LogP contribution in [0.2, 0.25) is 0 Å². The molecule has 0 fully saturated rings. The number of nitriles is 1. The number of nitrogens with zero attached hydrogens (tertiary/aromatic N) is 4. The van der Waals surface area contributed by atoms with Crippen LogP contribution in [0.15, 0.2) is 48.5 Å². The fraction of sp³-hybridized carbons (Fsp3) is 0.111. The number of ether oxygens (including phenoxy) is 1. The van der Waals surface area contributed by atoms with E-state index in [1.807, 2.05) is 25.1 Å². The van der Waals surface area contributed by atoms with Crippen LogP contribution in [-0.4, -0.2) is 27.3 Å². The van der Waals surface area contributed by atoms with E-state index in [1.165, 1.54) is 0 Å². The third-order valence-electron chi connectivity index (χ3n) is 3.54. The zero-order valence-corrected chi connectivity index (χ0v) is 14.0. The first-order chi connectivity index (χ1) is 12.6. The molecule has 8 heteroatoms. The summed E-state index contributed by atoms with van der Waals surface area (Å²) in [5.41, 5.74) is 8.03. The molecule has 0 bridgehead atoms. The second-order valence-electron chi connectivity index (χ2n) is 5.47. The van der Waals surface area contributed by atoms with Gasteiger partial charge >= 0.3 is 0 Å². The summed E-state index contributed by atoms with van der Waals surface area (Å²) in [6.07, 6.45) is 0. The van der Waals surface area contributed by atoms with Gasteiger partial charge in [-0.1, -0.05) is 17.7 Å². The Labute approximate surface area is 149 Å². The number of aryl methyl sites for hydroxylation is 1. The van der Waals surface area contributed by atoms with Gasteiger partial charge in [0.05, 0.1) is 0 Å². The predicted octanol–water partition coefficient (Wildman–Crippen LogP) is 2.50. The van der Waals surface area contributed by atoms with E-state index >= 15 is 0 Å². The monoisotopic (exact) mass is 348 g/mol. The van der Waals surface area contributed by atoms with Crippen molar-refractivity contribution in [3.05, 3.63) is 59.7 Å². The molecule has 3 rings (SSSR count). The Morgan fingerprint density at radius 2 is 1.92 bits per heavy atom. The highest BCUT2D eigenvalue weighted by molar-refractivity contribution is 5.96. The number of carbonyl (C=O) groups is 1. The van der Waals surface area contributed by atoms with Crippen LogP contribution >= 0.6 is 0 Å². The van der Waals surface area contributed by atoms with Gasteiger partial charge in [-0.3, -0.25) is 4.79 Å². The van der Waals surface area contributed by atoms with E-state index in [4.69, 9.17) is 15.7 Å². The number of aromatic nitrogens is 3. The van der Waals surface area contributed by atoms with Crippen molar-refractivity contribution in [3.8, 4) is 11.8 Å². The maximum atomic E-state index is 12.5. The van der Waals surface area contributed by atoms with Crippen molar-refractivity contribution in [1.82, 2.24) is 14.8 Å². The van der Waals surface area contributed by atoms with Gasteiger partial charge in [-0.05, 0) is 43.3 Å². The number of nitrogens with one attached hydrogen (secondary N) is 1. The first-order valence-corrected chi connectivity index (χ1v) is 7.77. The Bertz CT molecular complexity index is 955. The van der Waals surface area contributed by atoms with Crippen molar-refractivity contribution < 1.29 is 9.53 Å². The second kappa shape index (κ2) is 7.36. The Kier molecular flexibility index (Phi) is 4.80. The smallest absolute Gasteiger partial charge is 0.281 e. The summed E-state index contributed by atoms with van der Waals surface area (Å²) in [7, 11) is 0. The maximum Gasteiger partial charge on any atom is 0.281 e. The molecule has 0 aliphatic carbocycles. The van der Waals surface area contributed by atoms with Gasteiger partial charge in [-0.2, -0.15) is 14.9 Å². The lowest BCUT2D eigenvalue weighted by Gasteiger charge is -2.04. The number of nitrogens with two attached hydrogens (primary N) is 1. The van der Waals surface area contributed by atoms with Crippen LogP contribution in [-0.2, 0) is 0 Å². The van der Waals surface area contributed by atoms with Gasteiger partial charge in [-0.15, -0.1) is 5.10 Å². The molecule has 3 aromatic rings. The van der Waals surface area contributed by atoms with Gasteiger partial charge in [0.15, 0.2) is 6.61 Å². The molecule has 0 spiro atoms. The molecule has 0 atom stereocenters. The van der Waals surface area contributed by atoms with Crippen molar-refractivity contribution in [2.75, 3.05) is 17.7 Å². The Morgan fingerprint density at radius 1 is 1.23 bits per heavy atom. The van der Waals surface area contributed by atoms with Crippen LogP contribution in [0.1, 0.15) is 15.9 Å². The molecule has 2 aromatic carbocycles. The number of hydrogen-bond donors (Lipinski definition) is 2. The quantitative estimate of drug-likeness (QED) is 0.727. The molecule has 1 heterocycles. The highest BCUT2D eigenvalue weighted by atomic mass is 16.5. The average molecular weight is 348 g/mol. The minimum absolute atomic E-state index is 0.00736. The first kappa shape index (κ1) is 17.0. The minimum Gasteiger partial charge on any atom is -0.479 e. The normalized spacial score (nSPS) is 10.2. The maximum absolute atomic E-state index is 12.5. The van der Waals surface area contributed by atoms with Crippen molar-refractivity contribution in [2.24, 2.45) is 0 Å². The summed E-state index contributed by atoms with van der Waals surface area (Å²) in [5.74, 6) is 0.411. The summed E-state index contributed by atoms with van der Waals surface area (Å²) in [4.78, 5) is 16.6. The summed E-state index contributed by atoms with van der Waals surface area (Å²) < 4.78 is 6.24. The number of anilines is 3. The molecule has 130 valence electrons. The van der Waals surface area contributed by atoms with E-state index in [9.17, 15) is 4.79 Å². The van der Waals surface area contributed by atoms with E-state index in [2.05, 4.69) is 15.4 Å². The number of nitrogen functional groups attached to an aromatic ring is 1. The summed E-state index contributed by atoms with van der Waals surface area (Å²) in [6, 6.07) is 15.9. The molecule has 0 saturated carbocycles. The van der Waals surface area contributed by atoms with Gasteiger partial charge in [0.2, 0.25) is 11.9 Å². The van der Waals surface area contributed by atoms with E-state index in [-0.39, 0.29) is 24.4 Å². The van der Waals surface area contributed by atoms with Gasteiger partial charge in [0.1, 0.15) is 11.8 Å². The number of hydrogen-bond acceptors (Lipinski definition) is 7. The molecule has 8 nitrogen and oxygen atoms in total. The highest BCUT2D eigenvalue weighted by Crippen LogP contribution is 2.19. The van der Waals surface area contributed by atoms with Crippen LogP contribution in [0.4, 0.5) is 17.6 Å². The van der Waals surface area contributed by atoms with Gasteiger partial charge in [0, 0.05) is 11.3 Å². The molecule has 0 amide bonds.